The number of aryl methyl sites for hydroxylation is 1. The van der Waals surface area contributed by atoms with Crippen LogP contribution in [-0.4, -0.2) is 54.3 Å². The van der Waals surface area contributed by atoms with Crippen LogP contribution in [0.25, 0.3) is 0 Å². The number of thiophene rings is 1. The van der Waals surface area contributed by atoms with E-state index in [0.29, 0.717) is 18.0 Å². The molecule has 4 rings (SSSR count). The number of piperidine rings is 1. The van der Waals surface area contributed by atoms with E-state index in [4.69, 9.17) is 0 Å². The maximum absolute atomic E-state index is 12.6. The van der Waals surface area contributed by atoms with E-state index in [1.54, 1.807) is 11.3 Å². The predicted molar refractivity (Wildman–Crippen MR) is 114 cm³/mol. The Morgan fingerprint density at radius 2 is 1.76 bits per heavy atom. The number of amides is 2. The first kappa shape index (κ1) is 20.4. The lowest BCUT2D eigenvalue weighted by atomic mass is 9.95. The van der Waals surface area contributed by atoms with Crippen molar-refractivity contribution in [2.75, 3.05) is 38.0 Å². The van der Waals surface area contributed by atoms with Crippen LogP contribution >= 0.6 is 11.3 Å². The third kappa shape index (κ3) is 4.65. The van der Waals surface area contributed by atoms with E-state index in [2.05, 4.69) is 16.3 Å². The fraction of sp³-hybridized carbons (Fsp3) is 0.682. The standard InChI is InChI=1S/C22H30N4O2S/c23-14-18-17-6-2-1-3-7-19(17)29-21(18)24-20(27)15-25-12-8-16(9-13-25)22(28)26-10-4-5-11-26/h16H,1-13,15H2,(H,24,27). The molecule has 0 aromatic carbocycles. The fourth-order valence-electron chi connectivity index (χ4n) is 4.85. The Labute approximate surface area is 176 Å². The van der Waals surface area contributed by atoms with Gasteiger partial charge in [0.05, 0.1) is 12.1 Å². The van der Waals surface area contributed by atoms with E-state index in [1.165, 1.54) is 11.3 Å². The largest absolute Gasteiger partial charge is 0.342 e. The Hall–Kier alpha value is -1.91. The molecule has 0 spiro atoms. The molecule has 7 heteroatoms. The molecule has 2 fully saturated rings. The minimum atomic E-state index is -0.0535. The number of rotatable bonds is 4. The summed E-state index contributed by atoms with van der Waals surface area (Å²) < 4.78 is 0. The minimum absolute atomic E-state index is 0.0535. The van der Waals surface area contributed by atoms with E-state index < -0.39 is 0 Å². The van der Waals surface area contributed by atoms with E-state index in [-0.39, 0.29) is 11.8 Å². The van der Waals surface area contributed by atoms with Crippen molar-refractivity contribution in [3.8, 4) is 6.07 Å². The summed E-state index contributed by atoms with van der Waals surface area (Å²) in [6.45, 7) is 3.71. The summed E-state index contributed by atoms with van der Waals surface area (Å²) in [7, 11) is 0. The summed E-state index contributed by atoms with van der Waals surface area (Å²) in [4.78, 5) is 30.6. The Kier molecular flexibility index (Phi) is 6.51. The van der Waals surface area contributed by atoms with E-state index in [9.17, 15) is 14.9 Å². The van der Waals surface area contributed by atoms with Gasteiger partial charge in [-0.3, -0.25) is 14.5 Å². The topological polar surface area (TPSA) is 76.4 Å². The number of carbonyl (C=O) groups excluding carboxylic acids is 2. The highest BCUT2D eigenvalue weighted by atomic mass is 32.1. The number of carbonyl (C=O) groups is 2. The van der Waals surface area contributed by atoms with Gasteiger partial charge in [0.25, 0.3) is 0 Å². The highest BCUT2D eigenvalue weighted by Gasteiger charge is 2.30. The predicted octanol–water partition coefficient (Wildman–Crippen LogP) is 3.16. The molecular weight excluding hydrogens is 384 g/mol. The van der Waals surface area contributed by atoms with Crippen molar-refractivity contribution >= 4 is 28.2 Å². The number of nitrogens with zero attached hydrogens (tertiary/aromatic N) is 3. The maximum atomic E-state index is 12.6. The average Bonchev–Trinajstić information content (AvgIpc) is 3.31. The van der Waals surface area contributed by atoms with Crippen LogP contribution in [0.1, 0.15) is 60.9 Å². The van der Waals surface area contributed by atoms with Crippen molar-refractivity contribution < 1.29 is 9.59 Å². The zero-order chi connectivity index (χ0) is 20.2. The van der Waals surface area contributed by atoms with Gasteiger partial charge in [0, 0.05) is 23.9 Å². The third-order valence-corrected chi connectivity index (χ3v) is 7.72. The van der Waals surface area contributed by atoms with Crippen molar-refractivity contribution in [2.24, 2.45) is 5.92 Å². The van der Waals surface area contributed by atoms with Gasteiger partial charge in [-0.05, 0) is 70.0 Å². The second-order valence-electron chi connectivity index (χ2n) is 8.51. The first-order chi connectivity index (χ1) is 14.2. The monoisotopic (exact) mass is 414 g/mol. The molecule has 1 aromatic heterocycles. The molecule has 6 nitrogen and oxygen atoms in total. The minimum Gasteiger partial charge on any atom is -0.342 e. The first-order valence-electron chi connectivity index (χ1n) is 11.0. The molecule has 0 radical (unpaired) electrons. The van der Waals surface area contributed by atoms with Gasteiger partial charge in [0.1, 0.15) is 11.1 Å². The van der Waals surface area contributed by atoms with Gasteiger partial charge >= 0.3 is 0 Å². The lowest BCUT2D eigenvalue weighted by Crippen LogP contribution is -2.43. The summed E-state index contributed by atoms with van der Waals surface area (Å²) in [5, 5.41) is 13.4. The Morgan fingerprint density at radius 1 is 1.03 bits per heavy atom. The Balaban J connectivity index is 1.30. The number of anilines is 1. The molecule has 3 heterocycles. The molecule has 3 aliphatic rings. The maximum Gasteiger partial charge on any atom is 0.239 e. The molecule has 0 atom stereocenters. The molecule has 0 unspecified atom stereocenters. The highest BCUT2D eigenvalue weighted by Crippen LogP contribution is 2.37. The van der Waals surface area contributed by atoms with E-state index >= 15 is 0 Å². The van der Waals surface area contributed by atoms with Gasteiger partial charge < -0.3 is 10.2 Å². The molecule has 2 saturated heterocycles. The van der Waals surface area contributed by atoms with Crippen LogP contribution in [0.5, 0.6) is 0 Å². The number of hydrogen-bond acceptors (Lipinski definition) is 5. The van der Waals surface area contributed by atoms with Crippen molar-refractivity contribution in [2.45, 2.75) is 57.8 Å². The molecular formula is C22H30N4O2S. The number of nitriles is 1. The van der Waals surface area contributed by atoms with Gasteiger partial charge in [-0.25, -0.2) is 0 Å². The van der Waals surface area contributed by atoms with Gasteiger partial charge in [0.2, 0.25) is 11.8 Å². The summed E-state index contributed by atoms with van der Waals surface area (Å²) in [6, 6.07) is 2.33. The van der Waals surface area contributed by atoms with Crippen LogP contribution in [0.4, 0.5) is 5.00 Å². The molecule has 2 aliphatic heterocycles. The molecule has 29 heavy (non-hydrogen) atoms. The van der Waals surface area contributed by atoms with Crippen LogP contribution in [-0.2, 0) is 22.4 Å². The zero-order valence-corrected chi connectivity index (χ0v) is 17.9. The van der Waals surface area contributed by atoms with Gasteiger partial charge in [-0.2, -0.15) is 5.26 Å². The number of nitrogens with one attached hydrogen (secondary N) is 1. The van der Waals surface area contributed by atoms with Gasteiger partial charge in [-0.15, -0.1) is 11.3 Å². The second kappa shape index (κ2) is 9.27. The number of likely N-dealkylation sites (tertiary alicyclic amines) is 2. The molecule has 1 N–H and O–H groups in total. The Morgan fingerprint density at radius 3 is 2.48 bits per heavy atom. The summed E-state index contributed by atoms with van der Waals surface area (Å²) in [6.07, 6.45) is 9.38. The average molecular weight is 415 g/mol. The summed E-state index contributed by atoms with van der Waals surface area (Å²) >= 11 is 1.59. The van der Waals surface area contributed by atoms with Gasteiger partial charge in [0.15, 0.2) is 0 Å². The van der Waals surface area contributed by atoms with E-state index in [1.807, 2.05) is 4.90 Å². The second-order valence-corrected chi connectivity index (χ2v) is 9.62. The third-order valence-electron chi connectivity index (χ3n) is 6.51. The molecule has 1 aromatic rings. The quantitative estimate of drug-likeness (QED) is 0.768. The number of fused-ring (bicyclic) bond motifs is 1. The van der Waals surface area contributed by atoms with Gasteiger partial charge in [-0.1, -0.05) is 6.42 Å². The lowest BCUT2D eigenvalue weighted by molar-refractivity contribution is -0.136. The molecule has 0 saturated carbocycles. The SMILES string of the molecule is N#Cc1c(NC(=O)CN2CCC(C(=O)N3CCCC3)CC2)sc2c1CCCCC2. The van der Waals surface area contributed by atoms with Crippen molar-refractivity contribution in [3.05, 3.63) is 16.0 Å². The van der Waals surface area contributed by atoms with Crippen molar-refractivity contribution in [1.82, 2.24) is 9.80 Å². The van der Waals surface area contributed by atoms with Crippen molar-refractivity contribution in [1.29, 1.82) is 5.26 Å². The normalized spacial score (nSPS) is 20.7. The van der Waals surface area contributed by atoms with Crippen LogP contribution < -0.4 is 5.32 Å². The highest BCUT2D eigenvalue weighted by molar-refractivity contribution is 7.16. The summed E-state index contributed by atoms with van der Waals surface area (Å²) in [5.74, 6) is 0.373. The molecule has 0 bridgehead atoms. The smallest absolute Gasteiger partial charge is 0.239 e. The molecule has 2 amide bonds. The fourth-order valence-corrected chi connectivity index (χ4v) is 6.11. The molecule has 1 aliphatic carbocycles. The van der Waals surface area contributed by atoms with Crippen LogP contribution in [0.3, 0.4) is 0 Å². The number of hydrogen-bond donors (Lipinski definition) is 1. The Bertz CT molecular complexity index is 798. The van der Waals surface area contributed by atoms with Crippen LogP contribution in [0.15, 0.2) is 0 Å². The zero-order valence-electron chi connectivity index (χ0n) is 17.0. The summed E-state index contributed by atoms with van der Waals surface area (Å²) in [5.41, 5.74) is 1.83. The molecule has 156 valence electrons. The lowest BCUT2D eigenvalue weighted by Gasteiger charge is -2.32. The van der Waals surface area contributed by atoms with E-state index in [0.717, 1.165) is 88.1 Å². The van der Waals surface area contributed by atoms with Crippen molar-refractivity contribution in [3.63, 3.8) is 0 Å². The first-order valence-corrected chi connectivity index (χ1v) is 11.8. The van der Waals surface area contributed by atoms with Crippen LogP contribution in [0, 0.1) is 17.2 Å². The van der Waals surface area contributed by atoms with Crippen LogP contribution in [0.2, 0.25) is 0 Å².